The summed E-state index contributed by atoms with van der Waals surface area (Å²) in [6.45, 7) is 0. The lowest BCUT2D eigenvalue weighted by atomic mass is 10.2. The lowest BCUT2D eigenvalue weighted by molar-refractivity contribution is 0.102. The standard InChI is InChI=1S/C12H8BrCl2N3O/c13-7-1-2-9(8(14)5-7)17-12(19)6-3-10(15)18-11(16)4-6/h1-5H,(H2,16,18)(H,17,19). The number of halogens is 3. The summed E-state index contributed by atoms with van der Waals surface area (Å²) >= 11 is 15.0. The molecule has 2 rings (SSSR count). The van der Waals surface area contributed by atoms with Gasteiger partial charge in [-0.25, -0.2) is 4.98 Å². The molecule has 1 aromatic carbocycles. The van der Waals surface area contributed by atoms with Gasteiger partial charge in [0.05, 0.1) is 10.7 Å². The molecule has 0 aliphatic carbocycles. The SMILES string of the molecule is Nc1cc(C(=O)Nc2ccc(Br)cc2Cl)cc(Cl)n1. The van der Waals surface area contributed by atoms with Gasteiger partial charge >= 0.3 is 0 Å². The number of carbonyl (C=O) groups is 1. The quantitative estimate of drug-likeness (QED) is 0.795. The molecule has 0 unspecified atom stereocenters. The van der Waals surface area contributed by atoms with Gasteiger partial charge in [-0.3, -0.25) is 4.79 Å². The molecule has 3 N–H and O–H groups in total. The van der Waals surface area contributed by atoms with Gasteiger partial charge in [0, 0.05) is 10.0 Å². The fourth-order valence-electron chi connectivity index (χ4n) is 1.43. The van der Waals surface area contributed by atoms with E-state index in [1.54, 1.807) is 18.2 Å². The fourth-order valence-corrected chi connectivity index (χ4v) is 2.37. The predicted molar refractivity (Wildman–Crippen MR) is 80.8 cm³/mol. The van der Waals surface area contributed by atoms with E-state index >= 15 is 0 Å². The van der Waals surface area contributed by atoms with E-state index in [4.69, 9.17) is 28.9 Å². The second kappa shape index (κ2) is 5.77. The second-order valence-electron chi connectivity index (χ2n) is 3.68. The third-order valence-corrected chi connectivity index (χ3v) is 3.26. The van der Waals surface area contributed by atoms with Crippen LogP contribution in [0.4, 0.5) is 11.5 Å². The Hall–Kier alpha value is -1.30. The van der Waals surface area contributed by atoms with Crippen molar-refractivity contribution >= 4 is 56.5 Å². The smallest absolute Gasteiger partial charge is 0.255 e. The van der Waals surface area contributed by atoms with Crippen molar-refractivity contribution in [1.29, 1.82) is 0 Å². The van der Waals surface area contributed by atoms with E-state index in [0.29, 0.717) is 16.3 Å². The number of carbonyl (C=O) groups excluding carboxylic acids is 1. The fraction of sp³-hybridized carbons (Fsp3) is 0. The van der Waals surface area contributed by atoms with Gasteiger partial charge in [0.1, 0.15) is 11.0 Å². The van der Waals surface area contributed by atoms with E-state index in [-0.39, 0.29) is 16.9 Å². The van der Waals surface area contributed by atoms with E-state index in [1.807, 2.05) is 0 Å². The number of amides is 1. The summed E-state index contributed by atoms with van der Waals surface area (Å²) in [6, 6.07) is 8.02. The highest BCUT2D eigenvalue weighted by Gasteiger charge is 2.10. The van der Waals surface area contributed by atoms with Crippen LogP contribution >= 0.6 is 39.1 Å². The summed E-state index contributed by atoms with van der Waals surface area (Å²) in [7, 11) is 0. The number of hydrogen-bond acceptors (Lipinski definition) is 3. The number of rotatable bonds is 2. The van der Waals surface area contributed by atoms with Gasteiger partial charge in [-0.15, -0.1) is 0 Å². The highest BCUT2D eigenvalue weighted by atomic mass is 79.9. The molecule has 0 spiro atoms. The molecular weight excluding hydrogens is 353 g/mol. The lowest BCUT2D eigenvalue weighted by Gasteiger charge is -2.08. The molecule has 1 heterocycles. The van der Waals surface area contributed by atoms with Gasteiger partial charge in [-0.2, -0.15) is 0 Å². The maximum atomic E-state index is 12.0. The van der Waals surface area contributed by atoms with Gasteiger partial charge in [0.25, 0.3) is 5.91 Å². The molecule has 0 fully saturated rings. The van der Waals surface area contributed by atoms with E-state index < -0.39 is 0 Å². The van der Waals surface area contributed by atoms with Crippen LogP contribution in [0.1, 0.15) is 10.4 Å². The minimum absolute atomic E-state index is 0.159. The number of aromatic nitrogens is 1. The van der Waals surface area contributed by atoms with Crippen molar-refractivity contribution < 1.29 is 4.79 Å². The van der Waals surface area contributed by atoms with E-state index in [9.17, 15) is 4.79 Å². The Balaban J connectivity index is 2.25. The first-order valence-electron chi connectivity index (χ1n) is 5.15. The zero-order valence-corrected chi connectivity index (χ0v) is 12.6. The minimum Gasteiger partial charge on any atom is -0.384 e. The van der Waals surface area contributed by atoms with E-state index in [1.165, 1.54) is 12.1 Å². The summed E-state index contributed by atoms with van der Waals surface area (Å²) < 4.78 is 0.826. The van der Waals surface area contributed by atoms with Crippen molar-refractivity contribution in [1.82, 2.24) is 4.98 Å². The molecule has 0 radical (unpaired) electrons. The maximum Gasteiger partial charge on any atom is 0.255 e. The minimum atomic E-state index is -0.361. The normalized spacial score (nSPS) is 10.3. The van der Waals surface area contributed by atoms with Crippen LogP contribution in [0.15, 0.2) is 34.8 Å². The molecule has 0 atom stereocenters. The Labute approximate surface area is 128 Å². The molecule has 4 nitrogen and oxygen atoms in total. The summed E-state index contributed by atoms with van der Waals surface area (Å²) in [5, 5.41) is 3.26. The van der Waals surface area contributed by atoms with Crippen LogP contribution in [0.3, 0.4) is 0 Å². The Bertz CT molecular complexity index is 629. The third-order valence-electron chi connectivity index (χ3n) is 2.26. The van der Waals surface area contributed by atoms with Crippen LogP contribution in [-0.2, 0) is 0 Å². The average molecular weight is 361 g/mol. The van der Waals surface area contributed by atoms with Crippen LogP contribution in [0.5, 0.6) is 0 Å². The highest BCUT2D eigenvalue weighted by Crippen LogP contribution is 2.26. The van der Waals surface area contributed by atoms with Gasteiger partial charge < -0.3 is 11.1 Å². The van der Waals surface area contributed by atoms with Crippen LogP contribution in [0.2, 0.25) is 10.2 Å². The number of hydrogen-bond donors (Lipinski definition) is 2. The largest absolute Gasteiger partial charge is 0.384 e. The summed E-state index contributed by atoms with van der Waals surface area (Å²) in [5.74, 6) is -0.181. The zero-order chi connectivity index (χ0) is 14.0. The van der Waals surface area contributed by atoms with Gasteiger partial charge in [0.15, 0.2) is 0 Å². The van der Waals surface area contributed by atoms with Crippen molar-refractivity contribution in [3.05, 3.63) is 50.5 Å². The number of pyridine rings is 1. The van der Waals surface area contributed by atoms with Crippen LogP contribution in [-0.4, -0.2) is 10.9 Å². The number of nitrogens with two attached hydrogens (primary N) is 1. The van der Waals surface area contributed by atoms with E-state index in [0.717, 1.165) is 4.47 Å². The molecule has 19 heavy (non-hydrogen) atoms. The Morgan fingerprint density at radius 1 is 1.26 bits per heavy atom. The summed E-state index contributed by atoms with van der Waals surface area (Å²) in [4.78, 5) is 15.8. The first-order chi connectivity index (χ1) is 8.95. The van der Waals surface area contributed by atoms with Crippen molar-refractivity contribution in [2.45, 2.75) is 0 Å². The molecule has 0 aliphatic heterocycles. The summed E-state index contributed by atoms with van der Waals surface area (Å²) in [6.07, 6.45) is 0. The number of nitrogens with one attached hydrogen (secondary N) is 1. The van der Waals surface area contributed by atoms with Crippen molar-refractivity contribution in [2.75, 3.05) is 11.1 Å². The Morgan fingerprint density at radius 3 is 2.63 bits per heavy atom. The maximum absolute atomic E-state index is 12.0. The van der Waals surface area contributed by atoms with Crippen molar-refractivity contribution in [3.63, 3.8) is 0 Å². The van der Waals surface area contributed by atoms with Gasteiger partial charge in [0.2, 0.25) is 0 Å². The molecule has 0 aliphatic rings. The van der Waals surface area contributed by atoms with Crippen LogP contribution in [0, 0.1) is 0 Å². The molecule has 0 bridgehead atoms. The van der Waals surface area contributed by atoms with Crippen molar-refractivity contribution in [3.8, 4) is 0 Å². The first-order valence-corrected chi connectivity index (χ1v) is 6.70. The number of benzene rings is 1. The molecule has 7 heteroatoms. The molecule has 98 valence electrons. The lowest BCUT2D eigenvalue weighted by Crippen LogP contribution is -2.13. The van der Waals surface area contributed by atoms with Crippen molar-refractivity contribution in [2.24, 2.45) is 0 Å². The Kier molecular flexibility index (Phi) is 4.29. The average Bonchev–Trinajstić information content (AvgIpc) is 2.31. The molecule has 0 saturated carbocycles. The topological polar surface area (TPSA) is 68.0 Å². The Morgan fingerprint density at radius 2 is 2.00 bits per heavy atom. The first kappa shape index (κ1) is 14.1. The third kappa shape index (κ3) is 3.59. The number of anilines is 2. The number of nitrogen functional groups attached to an aromatic ring is 1. The molecule has 0 saturated heterocycles. The second-order valence-corrected chi connectivity index (χ2v) is 5.39. The van der Waals surface area contributed by atoms with E-state index in [2.05, 4.69) is 26.2 Å². The van der Waals surface area contributed by atoms with Crippen LogP contribution < -0.4 is 11.1 Å². The van der Waals surface area contributed by atoms with Crippen LogP contribution in [0.25, 0.3) is 0 Å². The predicted octanol–water partition coefficient (Wildman–Crippen LogP) is 3.99. The van der Waals surface area contributed by atoms with Gasteiger partial charge in [-0.05, 0) is 30.3 Å². The molecule has 1 aromatic heterocycles. The molecule has 2 aromatic rings. The number of nitrogens with zero attached hydrogens (tertiary/aromatic N) is 1. The molecule has 1 amide bonds. The summed E-state index contributed by atoms with van der Waals surface area (Å²) in [5.41, 5.74) is 6.35. The zero-order valence-electron chi connectivity index (χ0n) is 9.45. The molecular formula is C12H8BrCl2N3O. The van der Waals surface area contributed by atoms with Gasteiger partial charge in [-0.1, -0.05) is 39.1 Å². The highest BCUT2D eigenvalue weighted by molar-refractivity contribution is 9.10. The monoisotopic (exact) mass is 359 g/mol.